The second-order valence-corrected chi connectivity index (χ2v) is 9.73. The van der Waals surface area contributed by atoms with Crippen LogP contribution in [0.25, 0.3) is 0 Å². The molecule has 1 aromatic heterocycles. The van der Waals surface area contributed by atoms with Crippen molar-refractivity contribution in [2.24, 2.45) is 0 Å². The molecular weight excluding hydrogens is 481 g/mol. The molecule has 2 aromatic carbocycles. The molecule has 2 atom stereocenters. The van der Waals surface area contributed by atoms with Gasteiger partial charge < -0.3 is 15.0 Å². The van der Waals surface area contributed by atoms with Crippen molar-refractivity contribution in [1.82, 2.24) is 20.0 Å². The van der Waals surface area contributed by atoms with Crippen molar-refractivity contribution in [3.63, 3.8) is 0 Å². The Labute approximate surface area is 214 Å². The van der Waals surface area contributed by atoms with Gasteiger partial charge in [-0.15, -0.1) is 0 Å². The van der Waals surface area contributed by atoms with E-state index in [-0.39, 0.29) is 17.9 Å². The normalized spacial score (nSPS) is 17.6. The highest BCUT2D eigenvalue weighted by molar-refractivity contribution is 7.80. The van der Waals surface area contributed by atoms with Crippen molar-refractivity contribution in [2.45, 2.75) is 32.0 Å². The van der Waals surface area contributed by atoms with E-state index in [0.29, 0.717) is 22.7 Å². The van der Waals surface area contributed by atoms with E-state index in [1.807, 2.05) is 56.3 Å². The number of aromatic amines is 1. The first-order valence-electron chi connectivity index (χ1n) is 11.5. The number of ether oxygens (including phenoxy) is 1. The van der Waals surface area contributed by atoms with Crippen LogP contribution in [0.2, 0.25) is 0 Å². The van der Waals surface area contributed by atoms with Crippen LogP contribution in [0.1, 0.15) is 47.1 Å². The fraction of sp³-hybridized carbons (Fsp3) is 0.308. The number of thiocarbonyl (C=S) groups is 1. The summed E-state index contributed by atoms with van der Waals surface area (Å²) in [4.78, 5) is 30.3. The summed E-state index contributed by atoms with van der Waals surface area (Å²) in [6.07, 6.45) is -1.05. The van der Waals surface area contributed by atoms with E-state index in [0.717, 1.165) is 5.56 Å². The van der Waals surface area contributed by atoms with Crippen molar-refractivity contribution in [1.29, 1.82) is 0 Å². The predicted octanol–water partition coefficient (Wildman–Crippen LogP) is 4.66. The van der Waals surface area contributed by atoms with Crippen LogP contribution in [0, 0.1) is 5.82 Å². The number of fused-ring (bicyclic) bond motifs is 1. The third-order valence-electron chi connectivity index (χ3n) is 6.41. The molecule has 2 heterocycles. The summed E-state index contributed by atoms with van der Waals surface area (Å²) in [7, 11) is 3.82. The van der Waals surface area contributed by atoms with Gasteiger partial charge in [-0.1, -0.05) is 54.7 Å². The molecule has 0 spiro atoms. The smallest absolute Gasteiger partial charge is 0.411 e. The lowest BCUT2D eigenvalue weighted by molar-refractivity contribution is 0.0350. The number of hydrogen-bond acceptors (Lipinski definition) is 6. The Morgan fingerprint density at radius 2 is 1.89 bits per heavy atom. The van der Waals surface area contributed by atoms with Crippen LogP contribution in [-0.2, 0) is 16.8 Å². The number of benzene rings is 2. The Balaban J connectivity index is 1.61. The summed E-state index contributed by atoms with van der Waals surface area (Å²) in [6, 6.07) is 15.2. The Morgan fingerprint density at radius 1 is 1.22 bits per heavy atom. The van der Waals surface area contributed by atoms with Gasteiger partial charge in [0, 0.05) is 17.0 Å². The minimum absolute atomic E-state index is 0.103. The lowest BCUT2D eigenvalue weighted by Gasteiger charge is -2.35. The third-order valence-corrected chi connectivity index (χ3v) is 6.81. The molecule has 188 valence electrons. The number of carbonyl (C=O) groups is 2. The summed E-state index contributed by atoms with van der Waals surface area (Å²) in [5.74, 6) is -1.07. The van der Waals surface area contributed by atoms with Crippen LogP contribution in [0.15, 0.2) is 54.6 Å². The van der Waals surface area contributed by atoms with Crippen molar-refractivity contribution >= 4 is 34.9 Å². The zero-order chi connectivity index (χ0) is 26.0. The van der Waals surface area contributed by atoms with Crippen molar-refractivity contribution in [3.8, 4) is 0 Å². The molecule has 2 N–H and O–H groups in total. The van der Waals surface area contributed by atoms with Gasteiger partial charge in [0.2, 0.25) is 0 Å². The molecule has 0 radical (unpaired) electrons. The first-order valence-corrected chi connectivity index (χ1v) is 11.9. The zero-order valence-electron chi connectivity index (χ0n) is 20.5. The number of hydrogen-bond donors (Lipinski definition) is 2. The molecule has 3 aromatic rings. The molecule has 10 heteroatoms. The summed E-state index contributed by atoms with van der Waals surface area (Å²) < 4.78 is 20.1. The van der Waals surface area contributed by atoms with Crippen molar-refractivity contribution in [3.05, 3.63) is 82.8 Å². The number of aromatic nitrogens is 2. The monoisotopic (exact) mass is 509 g/mol. The molecule has 0 fully saturated rings. The number of amides is 2. The number of nitrogens with one attached hydrogen (secondary N) is 2. The topological polar surface area (TPSA) is 90.6 Å². The molecule has 1 unspecified atom stereocenters. The number of H-pyrrole nitrogens is 1. The van der Waals surface area contributed by atoms with Gasteiger partial charge >= 0.3 is 6.09 Å². The lowest BCUT2D eigenvalue weighted by atomic mass is 9.94. The number of carbonyl (C=O) groups excluding carboxylic acids is 2. The number of rotatable bonds is 7. The molecule has 2 amide bonds. The summed E-state index contributed by atoms with van der Waals surface area (Å²) >= 11 is 5.57. The maximum atomic E-state index is 14.1. The predicted molar refractivity (Wildman–Crippen MR) is 138 cm³/mol. The van der Waals surface area contributed by atoms with E-state index in [1.165, 1.54) is 23.1 Å². The second kappa shape index (κ2) is 10.2. The summed E-state index contributed by atoms with van der Waals surface area (Å²) in [5, 5.41) is 9.81. The molecule has 1 aliphatic heterocycles. The molecule has 1 aliphatic rings. The number of anilines is 1. The average Bonchev–Trinajstić information content (AvgIpc) is 3.38. The van der Waals surface area contributed by atoms with Gasteiger partial charge in [0.15, 0.2) is 5.82 Å². The van der Waals surface area contributed by atoms with Gasteiger partial charge in [-0.25, -0.2) is 9.18 Å². The molecule has 0 saturated heterocycles. The van der Waals surface area contributed by atoms with Gasteiger partial charge in [-0.05, 0) is 45.6 Å². The van der Waals surface area contributed by atoms with E-state index in [9.17, 15) is 14.0 Å². The van der Waals surface area contributed by atoms with Crippen LogP contribution < -0.4 is 5.32 Å². The van der Waals surface area contributed by atoms with E-state index in [1.54, 1.807) is 13.0 Å². The van der Waals surface area contributed by atoms with Crippen LogP contribution in [0.5, 0.6) is 0 Å². The van der Waals surface area contributed by atoms with E-state index < -0.39 is 29.5 Å². The number of likely N-dealkylation sites (N-methyl/N-ethyl adjacent to an activating group) is 1. The molecular formula is C26H28FN5O3S. The van der Waals surface area contributed by atoms with Crippen LogP contribution in [0.3, 0.4) is 0 Å². The SMILES string of the molecule is CC(=S)C1(C)c2[nH]nc(NC(=O)c3ccccc3F)c2CN1C(=O)O[C@H](CN(C)C)c1ccccc1. The van der Waals surface area contributed by atoms with E-state index in [2.05, 4.69) is 15.5 Å². The fourth-order valence-electron chi connectivity index (χ4n) is 4.31. The highest BCUT2D eigenvalue weighted by atomic mass is 32.1. The Morgan fingerprint density at radius 3 is 2.53 bits per heavy atom. The molecule has 36 heavy (non-hydrogen) atoms. The summed E-state index contributed by atoms with van der Waals surface area (Å²) in [5.41, 5.74) is 0.922. The molecule has 0 aliphatic carbocycles. The van der Waals surface area contributed by atoms with Crippen LogP contribution >= 0.6 is 12.2 Å². The minimum atomic E-state index is -1.02. The van der Waals surface area contributed by atoms with Crippen LogP contribution in [0.4, 0.5) is 15.0 Å². The first-order chi connectivity index (χ1) is 17.1. The van der Waals surface area contributed by atoms with Crippen molar-refractivity contribution < 1.29 is 18.7 Å². The van der Waals surface area contributed by atoms with Gasteiger partial charge in [0.05, 0.1) is 17.8 Å². The minimum Gasteiger partial charge on any atom is -0.440 e. The molecule has 0 bridgehead atoms. The highest BCUT2D eigenvalue weighted by Gasteiger charge is 2.50. The van der Waals surface area contributed by atoms with E-state index >= 15 is 0 Å². The summed E-state index contributed by atoms with van der Waals surface area (Å²) in [6.45, 7) is 4.16. The Hall–Kier alpha value is -3.63. The maximum Gasteiger partial charge on any atom is 0.411 e. The first kappa shape index (κ1) is 25.5. The van der Waals surface area contributed by atoms with Gasteiger partial charge in [-0.2, -0.15) is 5.10 Å². The second-order valence-electron chi connectivity index (χ2n) is 9.12. The number of halogens is 1. The van der Waals surface area contributed by atoms with Gasteiger partial charge in [-0.3, -0.25) is 14.8 Å². The van der Waals surface area contributed by atoms with E-state index in [4.69, 9.17) is 17.0 Å². The standard InChI is InChI=1S/C26H28FN5O3S/c1-16(36)26(2)22-19(23(30-29-22)28-24(33)18-12-8-9-13-20(18)27)14-32(26)25(34)35-21(15-31(3)4)17-10-6-5-7-11-17/h5-13,21H,14-15H2,1-4H3,(H2,28,29,30,33)/t21-,26?/m1/s1. The highest BCUT2D eigenvalue weighted by Crippen LogP contribution is 2.43. The maximum absolute atomic E-state index is 14.1. The lowest BCUT2D eigenvalue weighted by Crippen LogP contribution is -2.48. The fourth-order valence-corrected chi connectivity index (χ4v) is 4.52. The van der Waals surface area contributed by atoms with Gasteiger partial charge in [0.25, 0.3) is 5.91 Å². The molecule has 0 saturated carbocycles. The molecule has 4 rings (SSSR count). The average molecular weight is 510 g/mol. The van der Waals surface area contributed by atoms with Crippen LogP contribution in [-0.4, -0.2) is 57.5 Å². The van der Waals surface area contributed by atoms with Crippen molar-refractivity contribution in [2.75, 3.05) is 26.0 Å². The Bertz CT molecular complexity index is 1300. The third kappa shape index (κ3) is 4.74. The Kier molecular flexibility index (Phi) is 7.18. The zero-order valence-corrected chi connectivity index (χ0v) is 21.4. The van der Waals surface area contributed by atoms with Gasteiger partial charge in [0.1, 0.15) is 17.5 Å². The number of nitrogens with zero attached hydrogens (tertiary/aromatic N) is 3. The largest absolute Gasteiger partial charge is 0.440 e. The quantitative estimate of drug-likeness (QED) is 0.450. The molecule has 8 nitrogen and oxygen atoms in total.